The monoisotopic (exact) mass is 365 g/mol. The number of rotatable bonds is 6. The van der Waals surface area contributed by atoms with Gasteiger partial charge in [0, 0.05) is 6.42 Å². The standard InChI is InChI=1S/C13H12.C9H11NO4/c1-3-7-12(8-4-1)11-13-9-5-2-6-10-13;11-9(12)8(10(13)14)6-7-4-2-1-3-5-7/h1-10H,11H2;1-5,8,13-14H,6H2,(H,11,12). The van der Waals surface area contributed by atoms with Crippen molar-refractivity contribution in [2.24, 2.45) is 0 Å². The molecule has 0 spiro atoms. The Labute approximate surface area is 158 Å². The molecule has 3 aromatic carbocycles. The van der Waals surface area contributed by atoms with Gasteiger partial charge in [0.05, 0.1) is 0 Å². The molecule has 0 aliphatic carbocycles. The van der Waals surface area contributed by atoms with Gasteiger partial charge in [-0.25, -0.2) is 0 Å². The van der Waals surface area contributed by atoms with E-state index in [-0.39, 0.29) is 11.6 Å². The lowest BCUT2D eigenvalue weighted by Crippen LogP contribution is -2.38. The van der Waals surface area contributed by atoms with Gasteiger partial charge in [0.25, 0.3) is 0 Å². The molecule has 5 heteroatoms. The molecule has 0 radical (unpaired) electrons. The summed E-state index contributed by atoms with van der Waals surface area (Å²) in [6.07, 6.45) is 1.07. The van der Waals surface area contributed by atoms with E-state index in [1.54, 1.807) is 30.3 Å². The summed E-state index contributed by atoms with van der Waals surface area (Å²) in [6.45, 7) is 0. The second-order valence-corrected chi connectivity index (χ2v) is 6.01. The average Bonchev–Trinajstić information content (AvgIpc) is 2.68. The maximum Gasteiger partial charge on any atom is 0.326 e. The summed E-state index contributed by atoms with van der Waals surface area (Å²) in [5.41, 5.74) is 3.47. The minimum absolute atomic E-state index is 0.0448. The van der Waals surface area contributed by atoms with E-state index in [2.05, 4.69) is 60.7 Å². The van der Waals surface area contributed by atoms with Crippen LogP contribution in [0.3, 0.4) is 0 Å². The fourth-order valence-corrected chi connectivity index (χ4v) is 2.53. The van der Waals surface area contributed by atoms with E-state index in [1.807, 2.05) is 0 Å². The number of hydroxylamine groups is 2. The number of hydrogen-bond donors (Lipinski definition) is 3. The summed E-state index contributed by atoms with van der Waals surface area (Å²) in [6, 6.07) is 28.5. The predicted molar refractivity (Wildman–Crippen MR) is 103 cm³/mol. The molecular weight excluding hydrogens is 342 g/mol. The number of carbonyl (C=O) groups is 1. The van der Waals surface area contributed by atoms with Crippen LogP contribution in [0.15, 0.2) is 91.0 Å². The van der Waals surface area contributed by atoms with Crippen molar-refractivity contribution in [2.75, 3.05) is 0 Å². The van der Waals surface area contributed by atoms with Gasteiger partial charge in [0.15, 0.2) is 6.04 Å². The third-order valence-electron chi connectivity index (χ3n) is 3.93. The highest BCUT2D eigenvalue weighted by Crippen LogP contribution is 2.08. The maximum absolute atomic E-state index is 10.6. The highest BCUT2D eigenvalue weighted by molar-refractivity contribution is 5.73. The Morgan fingerprint density at radius 1 is 0.704 bits per heavy atom. The largest absolute Gasteiger partial charge is 0.480 e. The van der Waals surface area contributed by atoms with Gasteiger partial charge in [-0.2, -0.15) is 0 Å². The molecule has 0 amide bonds. The quantitative estimate of drug-likeness (QED) is 0.575. The maximum atomic E-state index is 10.6. The lowest BCUT2D eigenvalue weighted by atomic mass is 10.1. The van der Waals surface area contributed by atoms with Crippen LogP contribution in [0.4, 0.5) is 0 Å². The Morgan fingerprint density at radius 3 is 1.41 bits per heavy atom. The zero-order chi connectivity index (χ0) is 19.5. The number of aliphatic carboxylic acids is 1. The smallest absolute Gasteiger partial charge is 0.326 e. The molecule has 5 nitrogen and oxygen atoms in total. The first-order valence-electron chi connectivity index (χ1n) is 8.58. The molecule has 3 N–H and O–H groups in total. The predicted octanol–water partition coefficient (Wildman–Crippen LogP) is 4.04. The van der Waals surface area contributed by atoms with Gasteiger partial charge in [-0.1, -0.05) is 96.2 Å². The lowest BCUT2D eigenvalue weighted by Gasteiger charge is -2.15. The summed E-state index contributed by atoms with van der Waals surface area (Å²) in [5.74, 6) is -1.28. The molecule has 0 aliphatic heterocycles. The summed E-state index contributed by atoms with van der Waals surface area (Å²) in [7, 11) is 0. The Hall–Kier alpha value is -2.99. The van der Waals surface area contributed by atoms with Crippen LogP contribution in [0, 0.1) is 0 Å². The van der Waals surface area contributed by atoms with E-state index >= 15 is 0 Å². The highest BCUT2D eigenvalue weighted by Gasteiger charge is 2.23. The highest BCUT2D eigenvalue weighted by atomic mass is 16.8. The minimum atomic E-state index is -1.34. The van der Waals surface area contributed by atoms with E-state index in [4.69, 9.17) is 15.5 Å². The van der Waals surface area contributed by atoms with Crippen molar-refractivity contribution in [1.82, 2.24) is 5.23 Å². The summed E-state index contributed by atoms with van der Waals surface area (Å²) >= 11 is 0. The van der Waals surface area contributed by atoms with Gasteiger partial charge >= 0.3 is 5.97 Å². The van der Waals surface area contributed by atoms with Gasteiger partial charge in [-0.3, -0.25) is 15.2 Å². The summed E-state index contributed by atoms with van der Waals surface area (Å²) in [5, 5.41) is 25.7. The molecule has 0 saturated carbocycles. The molecule has 0 fully saturated rings. The van der Waals surface area contributed by atoms with Crippen LogP contribution >= 0.6 is 0 Å². The number of carboxylic acid groups (broad SMARTS) is 1. The molecule has 3 rings (SSSR count). The van der Waals surface area contributed by atoms with Crippen LogP contribution in [0.1, 0.15) is 16.7 Å². The molecule has 140 valence electrons. The first-order valence-corrected chi connectivity index (χ1v) is 8.58. The fraction of sp³-hybridized carbons (Fsp3) is 0.136. The van der Waals surface area contributed by atoms with Crippen LogP contribution in [-0.4, -0.2) is 32.8 Å². The first kappa shape index (κ1) is 20.3. The lowest BCUT2D eigenvalue weighted by molar-refractivity contribution is -0.327. The van der Waals surface area contributed by atoms with E-state index in [0.29, 0.717) is 0 Å². The van der Waals surface area contributed by atoms with Crippen LogP contribution in [-0.2, 0) is 17.6 Å². The van der Waals surface area contributed by atoms with Gasteiger partial charge in [0.1, 0.15) is 0 Å². The third kappa shape index (κ3) is 7.42. The number of carboxylic acids is 1. The molecule has 3 aromatic rings. The Kier molecular flexibility index (Phi) is 8.19. The van der Waals surface area contributed by atoms with Crippen molar-refractivity contribution in [3.05, 3.63) is 108 Å². The third-order valence-corrected chi connectivity index (χ3v) is 3.93. The fourth-order valence-electron chi connectivity index (χ4n) is 2.53. The number of nitrogens with zero attached hydrogens (tertiary/aromatic N) is 1. The molecule has 27 heavy (non-hydrogen) atoms. The molecule has 1 atom stereocenters. The van der Waals surface area contributed by atoms with Gasteiger partial charge in [-0.15, -0.1) is 0 Å². The molecule has 0 bridgehead atoms. The molecule has 0 heterocycles. The molecule has 1 unspecified atom stereocenters. The van der Waals surface area contributed by atoms with Crippen molar-refractivity contribution in [3.8, 4) is 0 Å². The van der Waals surface area contributed by atoms with Crippen molar-refractivity contribution < 1.29 is 20.3 Å². The van der Waals surface area contributed by atoms with E-state index in [0.717, 1.165) is 12.0 Å². The SMILES string of the molecule is O=C(O)C(Cc1ccccc1)N(O)O.c1ccc(Cc2ccccc2)cc1. The minimum Gasteiger partial charge on any atom is -0.480 e. The summed E-state index contributed by atoms with van der Waals surface area (Å²) < 4.78 is 0. The van der Waals surface area contributed by atoms with Gasteiger partial charge in [-0.05, 0) is 23.1 Å². The van der Waals surface area contributed by atoms with Gasteiger partial charge in [0.2, 0.25) is 0 Å². The Balaban J connectivity index is 0.000000194. The van der Waals surface area contributed by atoms with Crippen molar-refractivity contribution in [2.45, 2.75) is 18.9 Å². The molecular formula is C22H23NO4. The van der Waals surface area contributed by atoms with Crippen LogP contribution in [0.5, 0.6) is 0 Å². The van der Waals surface area contributed by atoms with Crippen molar-refractivity contribution in [1.29, 1.82) is 0 Å². The second kappa shape index (κ2) is 10.9. The molecule has 0 saturated heterocycles. The number of benzene rings is 3. The van der Waals surface area contributed by atoms with Crippen LogP contribution < -0.4 is 0 Å². The van der Waals surface area contributed by atoms with E-state index < -0.39 is 12.0 Å². The number of hydrogen-bond acceptors (Lipinski definition) is 4. The first-order chi connectivity index (χ1) is 13.1. The topological polar surface area (TPSA) is 81.0 Å². The normalized spacial score (nSPS) is 11.4. The van der Waals surface area contributed by atoms with E-state index in [9.17, 15) is 4.79 Å². The van der Waals surface area contributed by atoms with Crippen LogP contribution in [0.2, 0.25) is 0 Å². The Bertz CT molecular complexity index is 755. The zero-order valence-electron chi connectivity index (χ0n) is 14.8. The second-order valence-electron chi connectivity index (χ2n) is 6.01. The van der Waals surface area contributed by atoms with Crippen LogP contribution in [0.25, 0.3) is 0 Å². The Morgan fingerprint density at radius 2 is 1.07 bits per heavy atom. The molecule has 0 aliphatic rings. The van der Waals surface area contributed by atoms with Crippen molar-refractivity contribution >= 4 is 5.97 Å². The zero-order valence-corrected chi connectivity index (χ0v) is 14.8. The van der Waals surface area contributed by atoms with Crippen molar-refractivity contribution in [3.63, 3.8) is 0 Å². The molecule has 0 aromatic heterocycles. The summed E-state index contributed by atoms with van der Waals surface area (Å²) in [4.78, 5) is 10.6. The van der Waals surface area contributed by atoms with Gasteiger partial charge < -0.3 is 5.11 Å². The van der Waals surface area contributed by atoms with E-state index in [1.165, 1.54) is 11.1 Å². The average molecular weight is 365 g/mol.